The van der Waals surface area contributed by atoms with Crippen LogP contribution in [0.1, 0.15) is 48.1 Å². The molecule has 5 rings (SSSR count). The number of pyridine rings is 1. The van der Waals surface area contributed by atoms with Crippen molar-refractivity contribution in [3.05, 3.63) is 106 Å². The molecule has 2 aliphatic rings. The summed E-state index contributed by atoms with van der Waals surface area (Å²) >= 11 is 0. The van der Waals surface area contributed by atoms with Crippen molar-refractivity contribution in [3.8, 4) is 5.75 Å². The number of ether oxygens (including phenoxy) is 1. The number of nitrogens with zero attached hydrogens (tertiary/aromatic N) is 4. The minimum atomic E-state index is -0.916. The predicted octanol–water partition coefficient (Wildman–Crippen LogP) is 5.93. The number of aromatic nitrogens is 1. The van der Waals surface area contributed by atoms with Gasteiger partial charge in [-0.1, -0.05) is 47.6 Å². The Hall–Kier alpha value is -3.34. The van der Waals surface area contributed by atoms with Crippen molar-refractivity contribution in [2.75, 3.05) is 6.54 Å². The first-order valence-electron chi connectivity index (χ1n) is 12.0. The highest BCUT2D eigenvalue weighted by Gasteiger charge is 2.51. The van der Waals surface area contributed by atoms with Gasteiger partial charge in [0.1, 0.15) is 12.4 Å². The molecule has 3 aromatic rings. The summed E-state index contributed by atoms with van der Waals surface area (Å²) in [6.45, 7) is 0.596. The largest absolute Gasteiger partial charge is 0.487 e. The Morgan fingerprint density at radius 2 is 1.94 bits per heavy atom. The number of fused-ring (bicyclic) bond motifs is 3. The van der Waals surface area contributed by atoms with Gasteiger partial charge in [-0.15, -0.1) is 0 Å². The van der Waals surface area contributed by atoms with E-state index in [9.17, 15) is 5.11 Å². The van der Waals surface area contributed by atoms with Crippen LogP contribution in [-0.2, 0) is 24.9 Å². The molecule has 0 amide bonds. The average Bonchev–Trinajstić information content (AvgIpc) is 2.88. The molecule has 6 nitrogen and oxygen atoms in total. The van der Waals surface area contributed by atoms with Crippen molar-refractivity contribution in [1.82, 2.24) is 4.98 Å². The fourth-order valence-corrected chi connectivity index (χ4v) is 6.07. The van der Waals surface area contributed by atoms with Gasteiger partial charge in [0.25, 0.3) is 0 Å². The quantitative estimate of drug-likeness (QED) is 0.272. The van der Waals surface area contributed by atoms with E-state index in [1.54, 1.807) is 6.20 Å². The zero-order valence-corrected chi connectivity index (χ0v) is 19.3. The number of aryl methyl sites for hydroxylation is 1. The number of rotatable bonds is 7. The lowest BCUT2D eigenvalue weighted by Gasteiger charge is -2.53. The number of hydrogen-bond donors (Lipinski definition) is 1. The van der Waals surface area contributed by atoms with Crippen LogP contribution in [0.5, 0.6) is 5.75 Å². The summed E-state index contributed by atoms with van der Waals surface area (Å²) in [4.78, 5) is 7.24. The van der Waals surface area contributed by atoms with Crippen LogP contribution < -0.4 is 4.74 Å². The van der Waals surface area contributed by atoms with E-state index >= 15 is 0 Å². The second kappa shape index (κ2) is 9.49. The van der Waals surface area contributed by atoms with Crippen molar-refractivity contribution in [3.63, 3.8) is 0 Å². The van der Waals surface area contributed by atoms with Crippen LogP contribution in [0.3, 0.4) is 0 Å². The monoisotopic (exact) mass is 454 g/mol. The van der Waals surface area contributed by atoms with E-state index < -0.39 is 5.60 Å². The highest BCUT2D eigenvalue weighted by molar-refractivity contribution is 5.45. The normalized spacial score (nSPS) is 25.5. The maximum atomic E-state index is 11.2. The topological polar surface area (TPSA) is 91.1 Å². The maximum Gasteiger partial charge on any atom is 0.130 e. The fraction of sp³-hybridized carbons (Fsp3) is 0.393. The van der Waals surface area contributed by atoms with Crippen LogP contribution in [0.15, 0.2) is 78.0 Å². The summed E-state index contributed by atoms with van der Waals surface area (Å²) in [5.41, 5.74) is 12.8. The van der Waals surface area contributed by atoms with Gasteiger partial charge in [0.15, 0.2) is 0 Å². The van der Waals surface area contributed by atoms with Gasteiger partial charge in [-0.25, -0.2) is 0 Å². The van der Waals surface area contributed by atoms with Gasteiger partial charge >= 0.3 is 0 Å². The molecular weight excluding hydrogens is 424 g/mol. The third-order valence-corrected chi connectivity index (χ3v) is 7.72. The number of azide groups is 1. The van der Waals surface area contributed by atoms with E-state index in [4.69, 9.17) is 10.3 Å². The maximum absolute atomic E-state index is 11.2. The van der Waals surface area contributed by atoms with Gasteiger partial charge in [0.05, 0.1) is 17.8 Å². The summed E-state index contributed by atoms with van der Waals surface area (Å²) in [7, 11) is 0. The molecular formula is C28H30N4O2. The number of benzene rings is 2. The standard InChI is InChI=1S/C28H30N4O2/c29-32-31-20-27(33)13-14-28(17-21-6-2-1-3-7-21)23(18-27)10-9-22-16-25(11-12-26(22)28)34-19-24-8-4-5-15-30-24/h1-8,11-12,15-16,23,33H,9-10,13-14,17-20H2/t23-,27-,28+/m1/s1. The molecule has 0 spiro atoms. The summed E-state index contributed by atoms with van der Waals surface area (Å²) in [5.74, 6) is 1.20. The molecule has 0 bridgehead atoms. The molecule has 0 saturated heterocycles. The first-order chi connectivity index (χ1) is 16.6. The fourth-order valence-electron chi connectivity index (χ4n) is 6.07. The van der Waals surface area contributed by atoms with Gasteiger partial charge < -0.3 is 9.84 Å². The minimum Gasteiger partial charge on any atom is -0.487 e. The summed E-state index contributed by atoms with van der Waals surface area (Å²) < 4.78 is 6.07. The molecule has 34 heavy (non-hydrogen) atoms. The van der Waals surface area contributed by atoms with Gasteiger partial charge in [0.2, 0.25) is 0 Å². The molecule has 0 radical (unpaired) electrons. The van der Waals surface area contributed by atoms with Gasteiger partial charge in [0, 0.05) is 16.5 Å². The Kier molecular flexibility index (Phi) is 6.27. The van der Waals surface area contributed by atoms with Crippen molar-refractivity contribution >= 4 is 0 Å². The van der Waals surface area contributed by atoms with Crippen molar-refractivity contribution in [2.24, 2.45) is 11.0 Å². The molecule has 2 aliphatic carbocycles. The second-order valence-corrected chi connectivity index (χ2v) is 9.80. The Morgan fingerprint density at radius 3 is 2.74 bits per heavy atom. The molecule has 6 heteroatoms. The molecule has 0 unspecified atom stereocenters. The molecule has 2 aromatic carbocycles. The van der Waals surface area contributed by atoms with Crippen LogP contribution in [0.2, 0.25) is 0 Å². The Labute approximate surface area is 200 Å². The average molecular weight is 455 g/mol. The van der Waals surface area contributed by atoms with Crippen LogP contribution in [0.25, 0.3) is 10.4 Å². The van der Waals surface area contributed by atoms with Gasteiger partial charge in [-0.05, 0) is 90.9 Å². The van der Waals surface area contributed by atoms with Crippen molar-refractivity contribution in [2.45, 2.75) is 56.1 Å². The van der Waals surface area contributed by atoms with E-state index in [2.05, 4.69) is 63.5 Å². The Morgan fingerprint density at radius 1 is 1.09 bits per heavy atom. The number of hydrogen-bond acceptors (Lipinski definition) is 4. The first kappa shape index (κ1) is 22.5. The van der Waals surface area contributed by atoms with Crippen molar-refractivity contribution in [1.29, 1.82) is 0 Å². The Bertz CT molecular complexity index is 1180. The lowest BCUT2D eigenvalue weighted by Crippen LogP contribution is -2.52. The zero-order valence-electron chi connectivity index (χ0n) is 19.3. The highest BCUT2D eigenvalue weighted by atomic mass is 16.5. The van der Waals surface area contributed by atoms with Crippen molar-refractivity contribution < 1.29 is 9.84 Å². The first-order valence-corrected chi connectivity index (χ1v) is 12.0. The van der Waals surface area contributed by atoms with E-state index in [1.165, 1.54) is 16.7 Å². The molecule has 1 heterocycles. The molecule has 1 saturated carbocycles. The van der Waals surface area contributed by atoms with E-state index in [-0.39, 0.29) is 12.0 Å². The predicted molar refractivity (Wildman–Crippen MR) is 131 cm³/mol. The molecule has 1 aromatic heterocycles. The molecule has 174 valence electrons. The Balaban J connectivity index is 1.45. The van der Waals surface area contributed by atoms with Crippen LogP contribution in [0, 0.1) is 5.92 Å². The van der Waals surface area contributed by atoms with Gasteiger partial charge in [-0.2, -0.15) is 0 Å². The summed E-state index contributed by atoms with van der Waals surface area (Å²) in [6.07, 6.45) is 6.84. The molecule has 1 N–H and O–H groups in total. The van der Waals surface area contributed by atoms with E-state index in [0.29, 0.717) is 25.4 Å². The van der Waals surface area contributed by atoms with E-state index in [0.717, 1.165) is 37.1 Å². The third-order valence-electron chi connectivity index (χ3n) is 7.72. The van der Waals surface area contributed by atoms with Crippen LogP contribution in [-0.4, -0.2) is 22.2 Å². The molecule has 3 atom stereocenters. The van der Waals surface area contributed by atoms with Gasteiger partial charge in [-0.3, -0.25) is 4.98 Å². The third kappa shape index (κ3) is 4.52. The second-order valence-electron chi connectivity index (χ2n) is 9.80. The lowest BCUT2D eigenvalue weighted by molar-refractivity contribution is -0.0435. The lowest BCUT2D eigenvalue weighted by atomic mass is 9.52. The smallest absolute Gasteiger partial charge is 0.130 e. The van der Waals surface area contributed by atoms with Crippen LogP contribution >= 0.6 is 0 Å². The number of aliphatic hydroxyl groups is 1. The summed E-state index contributed by atoms with van der Waals surface area (Å²) in [6, 6.07) is 23.0. The summed E-state index contributed by atoms with van der Waals surface area (Å²) in [5, 5.41) is 14.9. The van der Waals surface area contributed by atoms with E-state index in [1.807, 2.05) is 18.2 Å². The molecule has 0 aliphatic heterocycles. The SMILES string of the molecule is [N-]=[N+]=NC[C@@]1(O)CC[C@@]2(Cc3ccccc3)c3ccc(OCc4ccccn4)cc3CC[C@@H]2C1. The minimum absolute atomic E-state index is 0.0446. The van der Waals surface area contributed by atoms with Crippen LogP contribution in [0.4, 0.5) is 0 Å². The zero-order chi connectivity index (χ0) is 23.4. The molecule has 1 fully saturated rings. The highest BCUT2D eigenvalue weighted by Crippen LogP contribution is 2.54.